The number of rotatable bonds is 8. The molecule has 42 heavy (non-hydrogen) atoms. The molecule has 0 radical (unpaired) electrons. The molecule has 0 spiro atoms. The Bertz CT molecular complexity index is 1330. The number of imidazole rings is 1. The first-order valence-corrected chi connectivity index (χ1v) is 16.2. The summed E-state index contributed by atoms with van der Waals surface area (Å²) in [6, 6.07) is 0.385. The topological polar surface area (TPSA) is 130 Å². The standard InChI is InChI=1S/C30H45N9O3/c1-17-7-9-20(10-8-17)16-39-23-24(31-19(3)21-5-4-6-21)32-26(27-35-30(41)42-36-27)33-25(23)34-29(39)38-14-13-37(15-18(38)2)28(40)22-11-12-22/h17-22,27,36H,4-16H2,1-3H3,(H,35,41)(H,31,32,33)/t17?,18-,19-,20?,27?/m1/s1. The molecule has 2 aliphatic heterocycles. The van der Waals surface area contributed by atoms with Crippen LogP contribution in [0, 0.1) is 23.7 Å². The molecule has 4 heterocycles. The molecule has 2 saturated heterocycles. The van der Waals surface area contributed by atoms with Crippen molar-refractivity contribution in [1.29, 1.82) is 0 Å². The van der Waals surface area contributed by atoms with Gasteiger partial charge in [-0.05, 0) is 70.1 Å². The van der Waals surface area contributed by atoms with Crippen LogP contribution in [0.4, 0.5) is 16.6 Å². The van der Waals surface area contributed by atoms with E-state index in [0.717, 1.165) is 49.1 Å². The number of fused-ring (bicyclic) bond motifs is 1. The number of anilines is 2. The van der Waals surface area contributed by atoms with Gasteiger partial charge in [-0.25, -0.2) is 14.8 Å². The maximum absolute atomic E-state index is 12.9. The number of carbonyl (C=O) groups excluding carboxylic acids is 2. The number of piperazine rings is 1. The van der Waals surface area contributed by atoms with Gasteiger partial charge in [-0.3, -0.25) is 10.1 Å². The first-order chi connectivity index (χ1) is 20.3. The summed E-state index contributed by atoms with van der Waals surface area (Å²) < 4.78 is 2.36. The maximum atomic E-state index is 12.9. The summed E-state index contributed by atoms with van der Waals surface area (Å²) in [6.45, 7) is 9.80. The molecule has 12 heteroatoms. The van der Waals surface area contributed by atoms with Crippen molar-refractivity contribution in [1.82, 2.24) is 35.2 Å². The lowest BCUT2D eigenvalue weighted by Gasteiger charge is -2.41. The Morgan fingerprint density at radius 1 is 1.05 bits per heavy atom. The number of amides is 2. The molecular weight excluding hydrogens is 534 g/mol. The lowest BCUT2D eigenvalue weighted by molar-refractivity contribution is -0.133. The largest absolute Gasteiger partial charge is 0.427 e. The van der Waals surface area contributed by atoms with Gasteiger partial charge in [-0.15, -0.1) is 5.48 Å². The van der Waals surface area contributed by atoms with Gasteiger partial charge in [0.15, 0.2) is 23.5 Å². The molecule has 228 valence electrons. The third-order valence-corrected chi connectivity index (χ3v) is 10.3. The number of hydroxylamine groups is 1. The summed E-state index contributed by atoms with van der Waals surface area (Å²) in [5, 5.41) is 6.50. The zero-order valence-electron chi connectivity index (χ0n) is 25.1. The summed E-state index contributed by atoms with van der Waals surface area (Å²) in [7, 11) is 0. The van der Waals surface area contributed by atoms with E-state index < -0.39 is 12.3 Å². The third kappa shape index (κ3) is 5.38. The fourth-order valence-corrected chi connectivity index (χ4v) is 7.16. The highest BCUT2D eigenvalue weighted by molar-refractivity contribution is 5.86. The minimum atomic E-state index is -0.647. The summed E-state index contributed by atoms with van der Waals surface area (Å²) in [6.07, 6.45) is 9.48. The van der Waals surface area contributed by atoms with Crippen LogP contribution >= 0.6 is 0 Å². The zero-order valence-corrected chi connectivity index (χ0v) is 25.1. The highest BCUT2D eigenvalue weighted by Crippen LogP contribution is 2.37. The first kappa shape index (κ1) is 27.7. The second-order valence-corrected chi connectivity index (χ2v) is 13.6. The second-order valence-electron chi connectivity index (χ2n) is 13.6. The highest BCUT2D eigenvalue weighted by atomic mass is 16.7. The SMILES string of the molecule is CC1CCC(Cn2c(N3CCN(C(=O)C4CC4)C[C@H]3C)nc3nc(C4NOC(=O)N4)nc(N[C@H](C)C4CCC4)c32)CC1. The highest BCUT2D eigenvalue weighted by Gasteiger charge is 2.38. The average Bonchev–Trinajstić information content (AvgIpc) is 3.60. The van der Waals surface area contributed by atoms with Gasteiger partial charge in [0.05, 0.1) is 0 Å². The van der Waals surface area contributed by atoms with E-state index in [2.05, 4.69) is 46.4 Å². The van der Waals surface area contributed by atoms with E-state index in [0.29, 0.717) is 42.3 Å². The summed E-state index contributed by atoms with van der Waals surface area (Å²) in [5.41, 5.74) is 4.25. The van der Waals surface area contributed by atoms with E-state index in [4.69, 9.17) is 19.8 Å². The normalized spacial score (nSPS) is 29.3. The van der Waals surface area contributed by atoms with Crippen molar-refractivity contribution >= 4 is 34.9 Å². The number of hydrogen-bond donors (Lipinski definition) is 3. The van der Waals surface area contributed by atoms with Gasteiger partial charge in [0.25, 0.3) is 0 Å². The molecule has 3 saturated carbocycles. The summed E-state index contributed by atoms with van der Waals surface area (Å²) in [5.74, 6) is 4.58. The molecule has 5 fully saturated rings. The number of hydrogen-bond acceptors (Lipinski definition) is 9. The van der Waals surface area contributed by atoms with E-state index in [1.807, 2.05) is 4.90 Å². The van der Waals surface area contributed by atoms with Crippen molar-refractivity contribution < 1.29 is 14.4 Å². The van der Waals surface area contributed by atoms with Crippen LogP contribution in [-0.2, 0) is 16.2 Å². The molecule has 7 rings (SSSR count). The van der Waals surface area contributed by atoms with Gasteiger partial charge < -0.3 is 24.5 Å². The predicted molar refractivity (Wildman–Crippen MR) is 158 cm³/mol. The molecule has 0 bridgehead atoms. The molecule has 0 aromatic carbocycles. The molecule has 12 nitrogen and oxygen atoms in total. The smallest absolute Gasteiger partial charge is 0.365 e. The Kier molecular flexibility index (Phi) is 7.36. The number of aromatic nitrogens is 4. The Balaban J connectivity index is 1.28. The Hall–Kier alpha value is -3.15. The molecule has 3 atom stereocenters. The van der Waals surface area contributed by atoms with Gasteiger partial charge >= 0.3 is 6.09 Å². The van der Waals surface area contributed by atoms with Crippen LogP contribution in [0.2, 0.25) is 0 Å². The fourth-order valence-electron chi connectivity index (χ4n) is 7.16. The van der Waals surface area contributed by atoms with Crippen molar-refractivity contribution in [3.63, 3.8) is 0 Å². The van der Waals surface area contributed by atoms with Crippen LogP contribution in [0.5, 0.6) is 0 Å². The monoisotopic (exact) mass is 579 g/mol. The second kappa shape index (κ2) is 11.2. The van der Waals surface area contributed by atoms with Crippen LogP contribution < -0.4 is 21.0 Å². The number of nitrogens with zero attached hydrogens (tertiary/aromatic N) is 6. The Morgan fingerprint density at radius 2 is 1.83 bits per heavy atom. The Morgan fingerprint density at radius 3 is 2.48 bits per heavy atom. The third-order valence-electron chi connectivity index (χ3n) is 10.3. The van der Waals surface area contributed by atoms with E-state index in [9.17, 15) is 9.59 Å². The first-order valence-electron chi connectivity index (χ1n) is 16.2. The quantitative estimate of drug-likeness (QED) is 0.426. The van der Waals surface area contributed by atoms with Crippen molar-refractivity contribution in [2.45, 2.75) is 103 Å². The van der Waals surface area contributed by atoms with Crippen LogP contribution in [0.3, 0.4) is 0 Å². The summed E-state index contributed by atoms with van der Waals surface area (Å²) >= 11 is 0. The van der Waals surface area contributed by atoms with Crippen molar-refractivity contribution in [2.24, 2.45) is 23.7 Å². The van der Waals surface area contributed by atoms with Gasteiger partial charge in [0, 0.05) is 44.2 Å². The van der Waals surface area contributed by atoms with E-state index in [1.54, 1.807) is 0 Å². The molecule has 2 aromatic heterocycles. The van der Waals surface area contributed by atoms with Crippen molar-refractivity contribution in [3.8, 4) is 0 Å². The van der Waals surface area contributed by atoms with E-state index >= 15 is 0 Å². The number of nitrogens with one attached hydrogen (secondary N) is 3. The fraction of sp³-hybridized carbons (Fsp3) is 0.767. The number of carbonyl (C=O) groups is 2. The molecule has 2 amide bonds. The molecule has 5 aliphatic rings. The van der Waals surface area contributed by atoms with Gasteiger partial charge in [0.1, 0.15) is 5.52 Å². The lowest BCUT2D eigenvalue weighted by Crippen LogP contribution is -2.54. The van der Waals surface area contributed by atoms with Crippen molar-refractivity contribution in [2.75, 3.05) is 29.9 Å². The van der Waals surface area contributed by atoms with Crippen LogP contribution in [0.25, 0.3) is 11.2 Å². The van der Waals surface area contributed by atoms with E-state index in [-0.39, 0.29) is 18.0 Å². The maximum Gasteiger partial charge on any atom is 0.427 e. The molecule has 1 unspecified atom stereocenters. The molecular formula is C30H45N9O3. The molecule has 2 aromatic rings. The molecule has 3 N–H and O–H groups in total. The van der Waals surface area contributed by atoms with Crippen LogP contribution in [0.15, 0.2) is 0 Å². The summed E-state index contributed by atoms with van der Waals surface area (Å²) in [4.78, 5) is 49.1. The minimum absolute atomic E-state index is 0.130. The predicted octanol–water partition coefficient (Wildman–Crippen LogP) is 3.94. The Labute approximate surface area is 247 Å². The van der Waals surface area contributed by atoms with Crippen LogP contribution in [0.1, 0.15) is 90.5 Å². The van der Waals surface area contributed by atoms with Gasteiger partial charge in [-0.1, -0.05) is 26.2 Å². The lowest BCUT2D eigenvalue weighted by atomic mass is 9.80. The molecule has 3 aliphatic carbocycles. The van der Waals surface area contributed by atoms with E-state index in [1.165, 1.54) is 44.9 Å². The minimum Gasteiger partial charge on any atom is -0.365 e. The van der Waals surface area contributed by atoms with Gasteiger partial charge in [0.2, 0.25) is 11.9 Å². The zero-order chi connectivity index (χ0) is 29.0. The van der Waals surface area contributed by atoms with Crippen LogP contribution in [-0.4, -0.2) is 68.1 Å². The average molecular weight is 580 g/mol. The van der Waals surface area contributed by atoms with Crippen molar-refractivity contribution in [3.05, 3.63) is 5.82 Å². The van der Waals surface area contributed by atoms with Gasteiger partial charge in [-0.2, -0.15) is 4.98 Å².